The lowest BCUT2D eigenvalue weighted by Gasteiger charge is -2.30. The Morgan fingerprint density at radius 1 is 1.25 bits per heavy atom. The second-order valence-corrected chi connectivity index (χ2v) is 7.36. The summed E-state index contributed by atoms with van der Waals surface area (Å²) in [5, 5.41) is 0. The zero-order valence-electron chi connectivity index (χ0n) is 7.91. The lowest BCUT2D eigenvalue weighted by molar-refractivity contribution is 0.189. The molecule has 0 spiro atoms. The fourth-order valence-corrected chi connectivity index (χ4v) is 4.36. The first-order valence-corrected chi connectivity index (χ1v) is 7.71. The van der Waals surface area contributed by atoms with Gasteiger partial charge in [-0.1, -0.05) is 0 Å². The molecule has 5 heteroatoms. The van der Waals surface area contributed by atoms with E-state index in [1.54, 1.807) is 0 Å². The predicted molar refractivity (Wildman–Crippen MR) is 61.5 cm³/mol. The van der Waals surface area contributed by atoms with Crippen molar-refractivity contribution in [1.29, 1.82) is 0 Å². The van der Waals surface area contributed by atoms with Crippen molar-refractivity contribution in [1.82, 2.24) is 0 Å². The second kappa shape index (κ2) is 6.31. The minimum atomic E-state index is -2.07. The van der Waals surface area contributed by atoms with Crippen molar-refractivity contribution < 1.29 is 8.85 Å². The third-order valence-electron chi connectivity index (χ3n) is 1.64. The van der Waals surface area contributed by atoms with Crippen LogP contribution in [0.3, 0.4) is 0 Å². The van der Waals surface area contributed by atoms with Gasteiger partial charge < -0.3 is 8.85 Å². The third-order valence-corrected chi connectivity index (χ3v) is 7.36. The summed E-state index contributed by atoms with van der Waals surface area (Å²) in [6, 6.07) is 0. The maximum Gasteiger partial charge on any atom is 0.348 e. The van der Waals surface area contributed by atoms with Gasteiger partial charge in [-0.2, -0.15) is 25.3 Å². The van der Waals surface area contributed by atoms with Gasteiger partial charge in [-0.3, -0.25) is 0 Å². The summed E-state index contributed by atoms with van der Waals surface area (Å²) in [4.78, 5) is 0.140. The molecule has 12 heavy (non-hydrogen) atoms. The molecule has 2 nitrogen and oxygen atoms in total. The van der Waals surface area contributed by atoms with Gasteiger partial charge in [0.05, 0.1) is 4.87 Å². The first kappa shape index (κ1) is 12.8. The monoisotopic (exact) mass is 226 g/mol. The van der Waals surface area contributed by atoms with Crippen LogP contribution in [0.2, 0.25) is 6.55 Å². The van der Waals surface area contributed by atoms with E-state index in [2.05, 4.69) is 25.3 Å². The van der Waals surface area contributed by atoms with Crippen LogP contribution in [0.5, 0.6) is 0 Å². The zero-order chi connectivity index (χ0) is 9.61. The fraction of sp³-hybridized carbons (Fsp3) is 1.00. The van der Waals surface area contributed by atoms with Crippen molar-refractivity contribution in [3.63, 3.8) is 0 Å². The predicted octanol–water partition coefficient (Wildman–Crippen LogP) is 1.90. The molecule has 0 aromatic carbocycles. The Kier molecular flexibility index (Phi) is 6.76. The van der Waals surface area contributed by atoms with E-state index in [1.807, 2.05) is 20.4 Å². The molecule has 0 fully saturated rings. The van der Waals surface area contributed by atoms with Crippen molar-refractivity contribution in [2.75, 3.05) is 19.0 Å². The van der Waals surface area contributed by atoms with E-state index in [1.165, 1.54) is 0 Å². The van der Waals surface area contributed by atoms with E-state index in [4.69, 9.17) is 8.85 Å². The molecule has 0 aliphatic carbocycles. The van der Waals surface area contributed by atoms with E-state index >= 15 is 0 Å². The van der Waals surface area contributed by atoms with Gasteiger partial charge in [0.15, 0.2) is 0 Å². The van der Waals surface area contributed by atoms with Gasteiger partial charge >= 0.3 is 8.56 Å². The molecule has 1 unspecified atom stereocenters. The molecule has 0 aromatic rings. The van der Waals surface area contributed by atoms with Crippen LogP contribution in [0.15, 0.2) is 0 Å². The molecular weight excluding hydrogens is 208 g/mol. The normalized spacial score (nSPS) is 14.8. The molecule has 0 saturated carbocycles. The van der Waals surface area contributed by atoms with Crippen molar-refractivity contribution in [3.05, 3.63) is 0 Å². The van der Waals surface area contributed by atoms with Crippen LogP contribution in [0.1, 0.15) is 13.8 Å². The molecule has 0 rings (SSSR count). The summed E-state index contributed by atoms with van der Waals surface area (Å²) in [5.74, 6) is 0.700. The van der Waals surface area contributed by atoms with E-state index in [9.17, 15) is 0 Å². The molecule has 1 atom stereocenters. The van der Waals surface area contributed by atoms with Crippen molar-refractivity contribution in [2.24, 2.45) is 0 Å². The summed E-state index contributed by atoms with van der Waals surface area (Å²) in [7, 11) is -2.07. The highest BCUT2D eigenvalue weighted by Crippen LogP contribution is 2.18. The molecule has 0 amide bonds. The van der Waals surface area contributed by atoms with Crippen LogP contribution in [0.4, 0.5) is 0 Å². The Labute approximate surface area is 87.1 Å². The van der Waals surface area contributed by atoms with E-state index < -0.39 is 8.56 Å². The van der Waals surface area contributed by atoms with E-state index in [-0.39, 0.29) is 4.87 Å². The molecule has 0 bridgehead atoms. The van der Waals surface area contributed by atoms with Gasteiger partial charge in [0.1, 0.15) is 0 Å². The molecule has 0 aromatic heterocycles. The van der Waals surface area contributed by atoms with Gasteiger partial charge in [-0.05, 0) is 20.4 Å². The van der Waals surface area contributed by atoms with Crippen LogP contribution in [0, 0.1) is 0 Å². The minimum Gasteiger partial charge on any atom is -0.394 e. The van der Waals surface area contributed by atoms with Crippen LogP contribution in [-0.2, 0) is 8.85 Å². The van der Waals surface area contributed by atoms with E-state index in [0.717, 1.165) is 0 Å². The second-order valence-electron chi connectivity index (χ2n) is 2.58. The number of hydrogen-bond donors (Lipinski definition) is 2. The van der Waals surface area contributed by atoms with Crippen LogP contribution < -0.4 is 0 Å². The number of rotatable bonds is 6. The Bertz CT molecular complexity index is 118. The standard InChI is InChI=1S/C7H18O2S2Si/c1-4-8-12(3,9-5-2)7(11)6-10/h7,10-11H,4-6H2,1-3H3. The average molecular weight is 226 g/mol. The molecule has 0 N–H and O–H groups in total. The van der Waals surface area contributed by atoms with Crippen LogP contribution >= 0.6 is 25.3 Å². The summed E-state index contributed by atoms with van der Waals surface area (Å²) < 4.78 is 11.2. The Morgan fingerprint density at radius 3 is 1.92 bits per heavy atom. The number of hydrogen-bond acceptors (Lipinski definition) is 4. The van der Waals surface area contributed by atoms with Gasteiger partial charge in [0.25, 0.3) is 0 Å². The third kappa shape index (κ3) is 3.70. The molecule has 74 valence electrons. The maximum absolute atomic E-state index is 5.61. The molecule has 0 aliphatic heterocycles. The smallest absolute Gasteiger partial charge is 0.348 e. The van der Waals surface area contributed by atoms with Crippen molar-refractivity contribution in [3.8, 4) is 0 Å². The van der Waals surface area contributed by atoms with Crippen molar-refractivity contribution >= 4 is 33.8 Å². The van der Waals surface area contributed by atoms with Crippen LogP contribution in [0.25, 0.3) is 0 Å². The topological polar surface area (TPSA) is 18.5 Å². The SMILES string of the molecule is CCO[Si](C)(OCC)C(S)CS. The lowest BCUT2D eigenvalue weighted by atomic mass is 10.9. The Balaban J connectivity index is 4.15. The average Bonchev–Trinajstić information content (AvgIpc) is 2.04. The van der Waals surface area contributed by atoms with Gasteiger partial charge in [0, 0.05) is 19.0 Å². The molecule has 0 saturated heterocycles. The van der Waals surface area contributed by atoms with Crippen molar-refractivity contribution in [2.45, 2.75) is 25.3 Å². The highest BCUT2D eigenvalue weighted by Gasteiger charge is 2.37. The van der Waals surface area contributed by atoms with Gasteiger partial charge in [0.2, 0.25) is 0 Å². The lowest BCUT2D eigenvalue weighted by Crippen LogP contribution is -2.49. The Hall–Kier alpha value is 0.837. The molecule has 0 heterocycles. The quantitative estimate of drug-likeness (QED) is 0.532. The van der Waals surface area contributed by atoms with E-state index in [0.29, 0.717) is 19.0 Å². The van der Waals surface area contributed by atoms with Crippen LogP contribution in [-0.4, -0.2) is 32.4 Å². The first-order valence-electron chi connectivity index (χ1n) is 4.17. The first-order chi connectivity index (χ1) is 5.60. The number of thiol groups is 2. The summed E-state index contributed by atoms with van der Waals surface area (Å²) in [5.41, 5.74) is 0. The summed E-state index contributed by atoms with van der Waals surface area (Å²) in [6.45, 7) is 7.36. The molecule has 0 radical (unpaired) electrons. The maximum atomic E-state index is 5.61. The molecular formula is C7H18O2S2Si. The highest BCUT2D eigenvalue weighted by molar-refractivity contribution is 7.86. The van der Waals surface area contributed by atoms with Gasteiger partial charge in [-0.25, -0.2) is 0 Å². The Morgan fingerprint density at radius 2 is 1.67 bits per heavy atom. The summed E-state index contributed by atoms with van der Waals surface area (Å²) in [6.07, 6.45) is 0. The van der Waals surface area contributed by atoms with Gasteiger partial charge in [-0.15, -0.1) is 0 Å². The summed E-state index contributed by atoms with van der Waals surface area (Å²) >= 11 is 8.61. The minimum absolute atomic E-state index is 0.140. The highest BCUT2D eigenvalue weighted by atomic mass is 32.1. The zero-order valence-corrected chi connectivity index (χ0v) is 10.7. The molecule has 0 aliphatic rings. The largest absolute Gasteiger partial charge is 0.394 e. The fourth-order valence-electron chi connectivity index (χ4n) is 0.973.